The maximum Gasteiger partial charge on any atom is 0.275 e. The summed E-state index contributed by atoms with van der Waals surface area (Å²) in [5, 5.41) is 19.7. The van der Waals surface area contributed by atoms with E-state index in [1.165, 1.54) is 24.3 Å². The first-order chi connectivity index (χ1) is 9.49. The molecule has 0 radical (unpaired) electrons. The van der Waals surface area contributed by atoms with E-state index in [1.807, 2.05) is 0 Å². The van der Waals surface area contributed by atoms with E-state index in [1.54, 1.807) is 13.8 Å². The number of nitrogens with zero attached hydrogens (tertiary/aromatic N) is 2. The molecule has 2 N–H and O–H groups in total. The minimum Gasteiger partial charge on any atom is -0.386 e. The van der Waals surface area contributed by atoms with Crippen molar-refractivity contribution >= 4 is 5.91 Å². The Labute approximate surface area is 114 Å². The molecule has 0 aliphatic heterocycles. The monoisotopic (exact) mass is 279 g/mol. The smallest absolute Gasteiger partial charge is 0.275 e. The van der Waals surface area contributed by atoms with Gasteiger partial charge in [-0.05, 0) is 36.7 Å². The number of nitrogens with one attached hydrogen (secondary N) is 1. The Bertz CT molecular complexity index is 597. The average Bonchev–Trinajstić information content (AvgIpc) is 2.85. The lowest BCUT2D eigenvalue weighted by molar-refractivity contribution is 0.0842. The van der Waals surface area contributed by atoms with Gasteiger partial charge in [0.2, 0.25) is 0 Å². The summed E-state index contributed by atoms with van der Waals surface area (Å²) in [5.41, 5.74) is 0.948. The number of aryl methyl sites for hydroxylation is 1. The van der Waals surface area contributed by atoms with Crippen molar-refractivity contribution in [1.29, 1.82) is 0 Å². The highest BCUT2D eigenvalue weighted by Gasteiger charge is 2.22. The number of hydrogen-bond acceptors (Lipinski definition) is 5. The van der Waals surface area contributed by atoms with E-state index in [0.717, 1.165) is 0 Å². The number of carbonyl (C=O) groups excluding carboxylic acids is 1. The van der Waals surface area contributed by atoms with Gasteiger partial charge in [-0.25, -0.2) is 9.02 Å². The van der Waals surface area contributed by atoms with Gasteiger partial charge in [0, 0.05) is 0 Å². The number of rotatable bonds is 4. The lowest BCUT2D eigenvalue weighted by Crippen LogP contribution is -2.37. The Morgan fingerprint density at radius 3 is 2.55 bits per heavy atom. The molecular weight excluding hydrogens is 265 g/mol. The van der Waals surface area contributed by atoms with Crippen molar-refractivity contribution in [3.8, 4) is 0 Å². The summed E-state index contributed by atoms with van der Waals surface area (Å²) < 4.78 is 17.3. The van der Waals surface area contributed by atoms with Crippen LogP contribution in [0.5, 0.6) is 0 Å². The molecule has 0 aliphatic rings. The Morgan fingerprint density at radius 1 is 1.35 bits per heavy atom. The van der Waals surface area contributed by atoms with Gasteiger partial charge in [-0.3, -0.25) is 4.79 Å². The molecule has 0 bridgehead atoms. The summed E-state index contributed by atoms with van der Waals surface area (Å²) in [6.45, 7) is 3.22. The van der Waals surface area contributed by atoms with E-state index in [0.29, 0.717) is 11.3 Å². The summed E-state index contributed by atoms with van der Waals surface area (Å²) >= 11 is 0. The lowest BCUT2D eigenvalue weighted by Gasteiger charge is -2.20. The second-order valence-corrected chi connectivity index (χ2v) is 4.46. The summed E-state index contributed by atoms with van der Waals surface area (Å²) in [4.78, 5) is 11.9. The van der Waals surface area contributed by atoms with Gasteiger partial charge in [-0.2, -0.15) is 0 Å². The molecule has 1 aromatic carbocycles. The van der Waals surface area contributed by atoms with Crippen LogP contribution in [0.1, 0.15) is 34.8 Å². The fraction of sp³-hybridized carbons (Fsp3) is 0.308. The largest absolute Gasteiger partial charge is 0.386 e. The Morgan fingerprint density at radius 2 is 2.00 bits per heavy atom. The van der Waals surface area contributed by atoms with Gasteiger partial charge < -0.3 is 10.4 Å². The Hall–Kier alpha value is -2.28. The highest BCUT2D eigenvalue weighted by Crippen LogP contribution is 2.17. The van der Waals surface area contributed by atoms with Crippen LogP contribution >= 0.6 is 0 Å². The van der Waals surface area contributed by atoms with Crippen molar-refractivity contribution in [3.05, 3.63) is 47.0 Å². The SMILES string of the molecule is Cc1nonc1C(=O)NC(C)C(O)c1ccc(F)cc1. The topological polar surface area (TPSA) is 88.2 Å². The molecule has 0 fully saturated rings. The quantitative estimate of drug-likeness (QED) is 0.882. The first-order valence-corrected chi connectivity index (χ1v) is 6.02. The molecule has 2 atom stereocenters. The second-order valence-electron chi connectivity index (χ2n) is 4.46. The number of carbonyl (C=O) groups is 1. The number of hydrogen-bond donors (Lipinski definition) is 2. The number of benzene rings is 1. The predicted octanol–water partition coefficient (Wildman–Crippen LogP) is 1.37. The van der Waals surface area contributed by atoms with Gasteiger partial charge in [0.1, 0.15) is 11.5 Å². The van der Waals surface area contributed by atoms with Crippen LogP contribution < -0.4 is 5.32 Å². The minimum atomic E-state index is -0.959. The van der Waals surface area contributed by atoms with E-state index < -0.39 is 18.1 Å². The highest BCUT2D eigenvalue weighted by molar-refractivity contribution is 5.93. The van der Waals surface area contributed by atoms with Crippen LogP contribution in [0.25, 0.3) is 0 Å². The van der Waals surface area contributed by atoms with Gasteiger partial charge in [-0.15, -0.1) is 0 Å². The normalized spacial score (nSPS) is 13.8. The van der Waals surface area contributed by atoms with Gasteiger partial charge in [-0.1, -0.05) is 17.3 Å². The maximum absolute atomic E-state index is 12.8. The molecule has 2 rings (SSSR count). The van der Waals surface area contributed by atoms with Crippen molar-refractivity contribution in [2.24, 2.45) is 0 Å². The third-order valence-electron chi connectivity index (χ3n) is 2.91. The highest BCUT2D eigenvalue weighted by atomic mass is 19.1. The zero-order valence-electron chi connectivity index (χ0n) is 11.0. The molecule has 0 aliphatic carbocycles. The fourth-order valence-electron chi connectivity index (χ4n) is 1.74. The number of aliphatic hydroxyl groups excluding tert-OH is 1. The molecule has 6 nitrogen and oxygen atoms in total. The van der Waals surface area contributed by atoms with E-state index in [4.69, 9.17) is 0 Å². The molecule has 106 valence electrons. The summed E-state index contributed by atoms with van der Waals surface area (Å²) in [7, 11) is 0. The molecule has 1 amide bonds. The average molecular weight is 279 g/mol. The molecule has 2 unspecified atom stereocenters. The number of halogens is 1. The van der Waals surface area contributed by atoms with Crippen molar-refractivity contribution in [2.75, 3.05) is 0 Å². The number of amides is 1. The molecule has 7 heteroatoms. The molecule has 0 spiro atoms. The number of aromatic nitrogens is 2. The van der Waals surface area contributed by atoms with Gasteiger partial charge in [0.25, 0.3) is 5.91 Å². The Balaban J connectivity index is 2.04. The van der Waals surface area contributed by atoms with Crippen LogP contribution in [0.4, 0.5) is 4.39 Å². The van der Waals surface area contributed by atoms with Gasteiger partial charge in [0.05, 0.1) is 12.1 Å². The lowest BCUT2D eigenvalue weighted by atomic mass is 10.0. The molecular formula is C13H14FN3O3. The van der Waals surface area contributed by atoms with E-state index in [2.05, 4.69) is 20.3 Å². The predicted molar refractivity (Wildman–Crippen MR) is 67.3 cm³/mol. The Kier molecular flexibility index (Phi) is 4.09. The third kappa shape index (κ3) is 3.00. The molecule has 20 heavy (non-hydrogen) atoms. The standard InChI is InChI=1S/C13H14FN3O3/c1-7-11(17-20-16-7)13(19)15-8(2)12(18)9-3-5-10(14)6-4-9/h3-6,8,12,18H,1-2H3,(H,15,19). The van der Waals surface area contributed by atoms with Crippen molar-refractivity contribution < 1.29 is 18.9 Å². The first-order valence-electron chi connectivity index (χ1n) is 6.02. The third-order valence-corrected chi connectivity index (χ3v) is 2.91. The minimum absolute atomic E-state index is 0.0724. The fourth-order valence-corrected chi connectivity index (χ4v) is 1.74. The van der Waals surface area contributed by atoms with Gasteiger partial charge in [0.15, 0.2) is 5.69 Å². The van der Waals surface area contributed by atoms with Crippen molar-refractivity contribution in [2.45, 2.75) is 26.0 Å². The zero-order chi connectivity index (χ0) is 14.7. The molecule has 1 aromatic heterocycles. The summed E-state index contributed by atoms with van der Waals surface area (Å²) in [6.07, 6.45) is -0.959. The molecule has 2 aromatic rings. The van der Waals surface area contributed by atoms with E-state index in [9.17, 15) is 14.3 Å². The maximum atomic E-state index is 12.8. The van der Waals surface area contributed by atoms with Gasteiger partial charge >= 0.3 is 0 Å². The van der Waals surface area contributed by atoms with Crippen LogP contribution in [0.3, 0.4) is 0 Å². The first kappa shape index (κ1) is 14.1. The van der Waals surface area contributed by atoms with Crippen LogP contribution in [0.2, 0.25) is 0 Å². The van der Waals surface area contributed by atoms with Crippen LogP contribution in [-0.4, -0.2) is 27.4 Å². The van der Waals surface area contributed by atoms with Crippen molar-refractivity contribution in [1.82, 2.24) is 15.6 Å². The van der Waals surface area contributed by atoms with E-state index >= 15 is 0 Å². The van der Waals surface area contributed by atoms with Crippen molar-refractivity contribution in [3.63, 3.8) is 0 Å². The van der Waals surface area contributed by atoms with E-state index in [-0.39, 0.29) is 11.5 Å². The number of aliphatic hydroxyl groups is 1. The van der Waals surface area contributed by atoms with Crippen LogP contribution in [0.15, 0.2) is 28.9 Å². The van der Waals surface area contributed by atoms with Crippen LogP contribution in [0, 0.1) is 12.7 Å². The zero-order valence-corrected chi connectivity index (χ0v) is 11.0. The van der Waals surface area contributed by atoms with Crippen LogP contribution in [-0.2, 0) is 0 Å². The summed E-state index contributed by atoms with van der Waals surface area (Å²) in [5.74, 6) is -0.876. The molecule has 1 heterocycles. The molecule has 0 saturated heterocycles. The summed E-state index contributed by atoms with van der Waals surface area (Å²) in [6, 6.07) is 4.85. The second kappa shape index (κ2) is 5.79. The molecule has 0 saturated carbocycles.